The number of nitrogens with zero attached hydrogens (tertiary/aromatic N) is 1. The van der Waals surface area contributed by atoms with Crippen LogP contribution < -0.4 is 10.6 Å². The molecule has 0 bridgehead atoms. The summed E-state index contributed by atoms with van der Waals surface area (Å²) in [5.41, 5.74) is 3.78. The molecule has 4 rings (SSSR count). The third-order valence-electron chi connectivity index (χ3n) is 5.96. The van der Waals surface area contributed by atoms with E-state index in [0.717, 1.165) is 11.1 Å². The molecule has 2 heterocycles. The molecule has 0 saturated carbocycles. The summed E-state index contributed by atoms with van der Waals surface area (Å²) in [6.45, 7) is 6.68. The number of hydrogen-bond acceptors (Lipinski definition) is 5. The molecule has 2 N–H and O–H groups in total. The Balaban J connectivity index is 1.35. The van der Waals surface area contributed by atoms with E-state index in [2.05, 4.69) is 31.4 Å². The predicted molar refractivity (Wildman–Crippen MR) is 121 cm³/mol. The quantitative estimate of drug-likeness (QED) is 0.696. The van der Waals surface area contributed by atoms with Crippen molar-refractivity contribution in [3.63, 3.8) is 0 Å². The van der Waals surface area contributed by atoms with Gasteiger partial charge in [-0.2, -0.15) is 0 Å². The molecule has 33 heavy (non-hydrogen) atoms. The van der Waals surface area contributed by atoms with Crippen LogP contribution in [0, 0.1) is 0 Å². The van der Waals surface area contributed by atoms with E-state index in [0.29, 0.717) is 29.8 Å². The van der Waals surface area contributed by atoms with Gasteiger partial charge in [-0.3, -0.25) is 25.0 Å². The largest absolute Gasteiger partial charge is 0.444 e. The second-order valence-corrected chi connectivity index (χ2v) is 9.42. The highest BCUT2D eigenvalue weighted by molar-refractivity contribution is 6.05. The van der Waals surface area contributed by atoms with Gasteiger partial charge in [0, 0.05) is 24.2 Å². The van der Waals surface area contributed by atoms with Gasteiger partial charge in [0.1, 0.15) is 12.6 Å². The van der Waals surface area contributed by atoms with Crippen LogP contribution in [0.1, 0.15) is 60.7 Å². The minimum Gasteiger partial charge on any atom is -0.444 e. The molecule has 1 atom stereocenters. The van der Waals surface area contributed by atoms with Gasteiger partial charge in [0.05, 0.1) is 0 Å². The minimum absolute atomic E-state index is 0.00485. The van der Waals surface area contributed by atoms with Gasteiger partial charge >= 0.3 is 6.09 Å². The van der Waals surface area contributed by atoms with Crippen LogP contribution in [0.25, 0.3) is 0 Å². The third-order valence-corrected chi connectivity index (χ3v) is 5.96. The Kier molecular flexibility index (Phi) is 5.93. The second kappa shape index (κ2) is 8.69. The summed E-state index contributed by atoms with van der Waals surface area (Å²) < 4.78 is 5.32. The number of fused-ring (bicyclic) bond motifs is 1. The molecule has 8 heteroatoms. The summed E-state index contributed by atoms with van der Waals surface area (Å²) in [4.78, 5) is 50.1. The molecule has 2 aliphatic heterocycles. The standard InChI is InChI=1S/C25H27N3O5/c1-25(2,3)17-6-8-18(9-7-17)26-24(32)33-14-15-4-5-16-13-28(23(31)19(16)12-15)20-10-11-21(29)27-22(20)30/h4-9,12,20H,10-11,13-14H2,1-3H3,(H,26,32)(H,27,29,30). The molecule has 8 nitrogen and oxygen atoms in total. The van der Waals surface area contributed by atoms with E-state index in [1.807, 2.05) is 24.3 Å². The van der Waals surface area contributed by atoms with Crippen molar-refractivity contribution in [2.75, 3.05) is 5.32 Å². The highest BCUT2D eigenvalue weighted by atomic mass is 16.5. The van der Waals surface area contributed by atoms with Crippen molar-refractivity contribution in [3.05, 3.63) is 64.7 Å². The molecule has 1 fully saturated rings. The Bertz CT molecular complexity index is 1120. The lowest BCUT2D eigenvalue weighted by atomic mass is 9.87. The highest BCUT2D eigenvalue weighted by Crippen LogP contribution is 2.28. The lowest BCUT2D eigenvalue weighted by Crippen LogP contribution is -2.52. The van der Waals surface area contributed by atoms with E-state index in [4.69, 9.17) is 4.74 Å². The SMILES string of the molecule is CC(C)(C)c1ccc(NC(=O)OCc2ccc3c(c2)C(=O)N(C2CCC(=O)NC2=O)C3)cc1. The second-order valence-electron chi connectivity index (χ2n) is 9.42. The van der Waals surface area contributed by atoms with Crippen LogP contribution in [0.5, 0.6) is 0 Å². The fourth-order valence-corrected chi connectivity index (χ4v) is 4.05. The predicted octanol–water partition coefficient (Wildman–Crippen LogP) is 3.49. The molecule has 2 aliphatic rings. The number of carbonyl (C=O) groups is 4. The van der Waals surface area contributed by atoms with E-state index in [1.165, 1.54) is 4.90 Å². The summed E-state index contributed by atoms with van der Waals surface area (Å²) >= 11 is 0. The first kappa shape index (κ1) is 22.5. The summed E-state index contributed by atoms with van der Waals surface area (Å²) in [6, 6.07) is 12.2. The number of piperidine rings is 1. The van der Waals surface area contributed by atoms with Crippen molar-refractivity contribution in [1.29, 1.82) is 0 Å². The summed E-state index contributed by atoms with van der Waals surface area (Å²) in [7, 11) is 0. The van der Waals surface area contributed by atoms with Crippen LogP contribution in [0.4, 0.5) is 10.5 Å². The van der Waals surface area contributed by atoms with Crippen LogP contribution >= 0.6 is 0 Å². The summed E-state index contributed by atoms with van der Waals surface area (Å²) in [5.74, 6) is -1.02. The molecule has 2 aromatic rings. The van der Waals surface area contributed by atoms with Gasteiger partial charge < -0.3 is 9.64 Å². The highest BCUT2D eigenvalue weighted by Gasteiger charge is 2.39. The molecule has 0 spiro atoms. The molecular weight excluding hydrogens is 422 g/mol. The molecular formula is C25H27N3O5. The zero-order valence-corrected chi connectivity index (χ0v) is 18.9. The van der Waals surface area contributed by atoms with Crippen LogP contribution in [0.2, 0.25) is 0 Å². The Morgan fingerprint density at radius 3 is 2.52 bits per heavy atom. The van der Waals surface area contributed by atoms with Gasteiger partial charge in [-0.25, -0.2) is 4.79 Å². The topological polar surface area (TPSA) is 105 Å². The van der Waals surface area contributed by atoms with Crippen molar-refractivity contribution in [1.82, 2.24) is 10.2 Å². The fraction of sp³-hybridized carbons (Fsp3) is 0.360. The molecule has 0 aromatic heterocycles. The molecule has 0 radical (unpaired) electrons. The maximum atomic E-state index is 12.9. The average Bonchev–Trinajstić information content (AvgIpc) is 3.08. The van der Waals surface area contributed by atoms with E-state index >= 15 is 0 Å². The fourth-order valence-electron chi connectivity index (χ4n) is 4.05. The monoisotopic (exact) mass is 449 g/mol. The van der Waals surface area contributed by atoms with E-state index < -0.39 is 18.0 Å². The number of ether oxygens (including phenoxy) is 1. The van der Waals surface area contributed by atoms with Gasteiger partial charge in [0.15, 0.2) is 0 Å². The number of benzene rings is 2. The van der Waals surface area contributed by atoms with Crippen molar-refractivity contribution in [3.8, 4) is 0 Å². The average molecular weight is 450 g/mol. The van der Waals surface area contributed by atoms with Crippen LogP contribution in [0.3, 0.4) is 0 Å². The number of rotatable bonds is 4. The van der Waals surface area contributed by atoms with Gasteiger partial charge in [0.25, 0.3) is 5.91 Å². The number of hydrogen-bond donors (Lipinski definition) is 2. The number of imide groups is 1. The molecule has 1 saturated heterocycles. The van der Waals surface area contributed by atoms with Crippen molar-refractivity contribution >= 4 is 29.5 Å². The van der Waals surface area contributed by atoms with Crippen molar-refractivity contribution < 1.29 is 23.9 Å². The third kappa shape index (κ3) is 4.89. The summed E-state index contributed by atoms with van der Waals surface area (Å²) in [5, 5.41) is 4.99. The van der Waals surface area contributed by atoms with Crippen LogP contribution in [-0.4, -0.2) is 34.8 Å². The number of nitrogens with one attached hydrogen (secondary N) is 2. The smallest absolute Gasteiger partial charge is 0.411 e. The molecule has 2 aromatic carbocycles. The zero-order valence-electron chi connectivity index (χ0n) is 18.9. The Labute approximate surface area is 192 Å². The van der Waals surface area contributed by atoms with E-state index in [-0.39, 0.29) is 30.3 Å². The van der Waals surface area contributed by atoms with Gasteiger partial charge in [-0.1, -0.05) is 45.0 Å². The first-order chi connectivity index (χ1) is 15.6. The molecule has 172 valence electrons. The lowest BCUT2D eigenvalue weighted by molar-refractivity contribution is -0.136. The number of amides is 4. The molecule has 0 aliphatic carbocycles. The van der Waals surface area contributed by atoms with Gasteiger partial charge in [0.2, 0.25) is 11.8 Å². The van der Waals surface area contributed by atoms with Crippen LogP contribution in [0.15, 0.2) is 42.5 Å². The first-order valence-corrected chi connectivity index (χ1v) is 10.9. The van der Waals surface area contributed by atoms with Crippen molar-refractivity contribution in [2.24, 2.45) is 0 Å². The Hall–Kier alpha value is -3.68. The maximum absolute atomic E-state index is 12.9. The maximum Gasteiger partial charge on any atom is 0.411 e. The lowest BCUT2D eigenvalue weighted by Gasteiger charge is -2.29. The molecule has 1 unspecified atom stereocenters. The minimum atomic E-state index is -0.655. The summed E-state index contributed by atoms with van der Waals surface area (Å²) in [6.07, 6.45) is -0.0588. The zero-order chi connectivity index (χ0) is 23.8. The Morgan fingerprint density at radius 2 is 1.85 bits per heavy atom. The van der Waals surface area contributed by atoms with Crippen molar-refractivity contribution in [2.45, 2.75) is 58.2 Å². The van der Waals surface area contributed by atoms with Crippen LogP contribution in [-0.2, 0) is 32.9 Å². The Morgan fingerprint density at radius 1 is 1.12 bits per heavy atom. The van der Waals surface area contributed by atoms with E-state index in [9.17, 15) is 19.2 Å². The van der Waals surface area contributed by atoms with Gasteiger partial charge in [-0.05, 0) is 46.7 Å². The normalized spacial score (nSPS) is 18.1. The number of anilines is 1. The van der Waals surface area contributed by atoms with Gasteiger partial charge in [-0.15, -0.1) is 0 Å². The number of carbonyl (C=O) groups excluding carboxylic acids is 4. The van der Waals surface area contributed by atoms with E-state index in [1.54, 1.807) is 18.2 Å². The molecule has 4 amide bonds. The first-order valence-electron chi connectivity index (χ1n) is 10.9.